The molecule has 0 aliphatic carbocycles. The maximum atomic E-state index is 13.5. The first-order valence-corrected chi connectivity index (χ1v) is 17.3. The van der Waals surface area contributed by atoms with Crippen LogP contribution in [0.15, 0.2) is 60.7 Å². The maximum Gasteiger partial charge on any atom is 0.408 e. The van der Waals surface area contributed by atoms with Gasteiger partial charge >= 0.3 is 24.0 Å². The second kappa shape index (κ2) is 21.0. The van der Waals surface area contributed by atoms with Crippen molar-refractivity contribution in [1.82, 2.24) is 26.4 Å². The van der Waals surface area contributed by atoms with Crippen molar-refractivity contribution in [2.24, 2.45) is 5.92 Å². The summed E-state index contributed by atoms with van der Waals surface area (Å²) in [5.74, 6) is -8.77. The molecule has 19 heteroatoms. The summed E-state index contributed by atoms with van der Waals surface area (Å²) in [5, 5.41) is 36.5. The summed E-state index contributed by atoms with van der Waals surface area (Å²) in [6.45, 7) is 3.13. The number of hydrogen-bond acceptors (Lipinski definition) is 12. The zero-order valence-corrected chi connectivity index (χ0v) is 30.3. The third-order valence-electron chi connectivity index (χ3n) is 8.32. The van der Waals surface area contributed by atoms with Crippen molar-refractivity contribution in [2.75, 3.05) is 6.54 Å². The van der Waals surface area contributed by atoms with Crippen molar-refractivity contribution >= 4 is 47.6 Å². The first-order chi connectivity index (χ1) is 26.1. The Balaban J connectivity index is 1.68. The molecule has 1 aliphatic rings. The Labute approximate surface area is 315 Å². The highest BCUT2D eigenvalue weighted by molar-refractivity contribution is 5.97. The van der Waals surface area contributed by atoms with Crippen LogP contribution >= 0.6 is 0 Å². The molecule has 2 aromatic rings. The first kappa shape index (κ1) is 43.3. The van der Waals surface area contributed by atoms with E-state index in [-0.39, 0.29) is 13.2 Å². The van der Waals surface area contributed by atoms with E-state index in [1.165, 1.54) is 0 Å². The number of rotatable bonds is 20. The number of nitrogens with one attached hydrogen (secondary N) is 4. The molecule has 55 heavy (non-hydrogen) atoms. The quantitative estimate of drug-likeness (QED) is 0.0530. The molecule has 1 saturated heterocycles. The van der Waals surface area contributed by atoms with E-state index in [1.807, 2.05) is 5.43 Å². The number of nitrogens with zero attached hydrogens (tertiary/aromatic N) is 1. The molecule has 0 aromatic heterocycles. The number of ether oxygens (including phenoxy) is 3. The van der Waals surface area contributed by atoms with Gasteiger partial charge in [-0.25, -0.2) is 14.6 Å². The van der Waals surface area contributed by atoms with Gasteiger partial charge in [-0.3, -0.25) is 34.2 Å². The lowest BCUT2D eigenvalue weighted by Gasteiger charge is -2.29. The second-order valence-corrected chi connectivity index (χ2v) is 12.7. The average Bonchev–Trinajstić information content (AvgIpc) is 3.96. The molecular weight excluding hydrogens is 726 g/mol. The average molecular weight is 772 g/mol. The number of alkyl carbamates (subject to hydrolysis) is 1. The molecule has 5 unspecified atom stereocenters. The molecule has 7 atom stereocenters. The number of esters is 1. The lowest BCUT2D eigenvalue weighted by atomic mass is 9.97. The smallest absolute Gasteiger partial charge is 0.408 e. The van der Waals surface area contributed by atoms with E-state index >= 15 is 0 Å². The highest BCUT2D eigenvalue weighted by Crippen LogP contribution is 2.26. The van der Waals surface area contributed by atoms with Crippen molar-refractivity contribution in [1.29, 1.82) is 0 Å². The number of carboxylic acid groups (broad SMARTS) is 2. The topological polar surface area (TPSA) is 280 Å². The molecular formula is C36H45N5O14. The predicted molar refractivity (Wildman–Crippen MR) is 188 cm³/mol. The number of carboxylic acids is 2. The van der Waals surface area contributed by atoms with Gasteiger partial charge in [0.05, 0.1) is 6.10 Å². The van der Waals surface area contributed by atoms with Gasteiger partial charge in [-0.05, 0) is 30.4 Å². The highest BCUT2D eigenvalue weighted by atomic mass is 16.6. The lowest BCUT2D eigenvalue weighted by Crippen LogP contribution is -2.62. The van der Waals surface area contributed by atoms with Crippen molar-refractivity contribution < 1.29 is 67.9 Å². The summed E-state index contributed by atoms with van der Waals surface area (Å²) >= 11 is 0. The Bertz CT molecular complexity index is 1680. The van der Waals surface area contributed by atoms with Crippen LogP contribution in [0.1, 0.15) is 51.2 Å². The molecule has 1 heterocycles. The van der Waals surface area contributed by atoms with Crippen molar-refractivity contribution in [3.8, 4) is 0 Å². The fourth-order valence-corrected chi connectivity index (χ4v) is 5.01. The zero-order chi connectivity index (χ0) is 40.7. The summed E-state index contributed by atoms with van der Waals surface area (Å²) < 4.78 is 15.5. The standard InChI is InChI=1S/C36H45N5O14/c1-4-20(2)27(39-36(52)54-19-23-13-9-6-10-14-23)32(48)37-24(15-16-25(43)44)31(47)38-28(21(3)42)33(49)40-41(17-26(45)46)34(50)29-30(55-29)35(51)53-18-22-11-7-5-8-12-22/h5-14,20-21,24,27-30,42H,4,15-19H2,1-3H3,(H,37,48)(H,38,47)(H,39,52)(H,40,49)(H,43,44)(H,45,46)/t20?,21?,24?,27?,28?,29-,30-/m0/s1. The van der Waals surface area contributed by atoms with Gasteiger partial charge in [-0.15, -0.1) is 0 Å². The van der Waals surface area contributed by atoms with E-state index in [0.29, 0.717) is 22.6 Å². The van der Waals surface area contributed by atoms with Gasteiger partial charge in [0, 0.05) is 6.42 Å². The van der Waals surface area contributed by atoms with Gasteiger partial charge in [0.2, 0.25) is 11.8 Å². The number of epoxide rings is 1. The molecule has 0 spiro atoms. The highest BCUT2D eigenvalue weighted by Gasteiger charge is 2.54. The molecule has 7 N–H and O–H groups in total. The number of amides is 5. The van der Waals surface area contributed by atoms with Gasteiger partial charge in [0.15, 0.2) is 12.2 Å². The molecule has 0 radical (unpaired) electrons. The minimum absolute atomic E-state index is 0.0982. The van der Waals surface area contributed by atoms with Crippen LogP contribution in [0.25, 0.3) is 0 Å². The van der Waals surface area contributed by atoms with Gasteiger partial charge in [-0.2, -0.15) is 0 Å². The van der Waals surface area contributed by atoms with E-state index in [9.17, 15) is 53.7 Å². The second-order valence-electron chi connectivity index (χ2n) is 12.7. The fraction of sp³-hybridized carbons (Fsp3) is 0.444. The molecule has 0 saturated carbocycles. The van der Waals surface area contributed by atoms with Crippen molar-refractivity contribution in [3.63, 3.8) is 0 Å². The molecule has 1 fully saturated rings. The summed E-state index contributed by atoms with van der Waals surface area (Å²) in [4.78, 5) is 101. The Morgan fingerprint density at radius 3 is 1.85 bits per heavy atom. The van der Waals surface area contributed by atoms with E-state index in [1.54, 1.807) is 74.5 Å². The van der Waals surface area contributed by atoms with Gasteiger partial charge in [0.1, 0.15) is 37.9 Å². The minimum Gasteiger partial charge on any atom is -0.481 e. The SMILES string of the molecule is CCC(C)C(NC(=O)OCc1ccccc1)C(=O)NC(CCC(=O)O)C(=O)NC(C(=O)NN(CC(=O)O)C(=O)[C@H]1O[C@@H]1C(=O)OCc1ccccc1)C(C)O. The van der Waals surface area contributed by atoms with Crippen LogP contribution in [0.3, 0.4) is 0 Å². The zero-order valence-electron chi connectivity index (χ0n) is 30.3. The summed E-state index contributed by atoms with van der Waals surface area (Å²) in [6, 6.07) is 12.6. The van der Waals surface area contributed by atoms with Crippen LogP contribution in [0.5, 0.6) is 0 Å². The third-order valence-corrected chi connectivity index (χ3v) is 8.32. The third kappa shape index (κ3) is 14.0. The van der Waals surface area contributed by atoms with Crippen LogP contribution in [0, 0.1) is 5.92 Å². The Kier molecular flexibility index (Phi) is 16.5. The Morgan fingerprint density at radius 1 is 0.745 bits per heavy atom. The number of benzene rings is 2. The van der Waals surface area contributed by atoms with Gasteiger partial charge in [0.25, 0.3) is 11.8 Å². The maximum absolute atomic E-state index is 13.5. The number of carbonyl (C=O) groups is 8. The molecule has 298 valence electrons. The number of carbonyl (C=O) groups excluding carboxylic acids is 6. The van der Waals surface area contributed by atoms with E-state index in [4.69, 9.17) is 14.2 Å². The number of hydrazine groups is 1. The van der Waals surface area contributed by atoms with E-state index < -0.39 is 109 Å². The molecule has 19 nitrogen and oxygen atoms in total. The first-order valence-electron chi connectivity index (χ1n) is 17.3. The Morgan fingerprint density at radius 2 is 1.33 bits per heavy atom. The van der Waals surface area contributed by atoms with E-state index in [0.717, 1.165) is 6.92 Å². The number of hydrogen-bond donors (Lipinski definition) is 7. The van der Waals surface area contributed by atoms with Crippen LogP contribution in [0.4, 0.5) is 4.79 Å². The Hall–Kier alpha value is -6.08. The molecule has 0 bridgehead atoms. The molecule has 3 rings (SSSR count). The van der Waals surface area contributed by atoms with E-state index in [2.05, 4.69) is 16.0 Å². The number of aliphatic hydroxyl groups excluding tert-OH is 1. The summed E-state index contributed by atoms with van der Waals surface area (Å²) in [7, 11) is 0. The van der Waals surface area contributed by atoms with Crippen LogP contribution in [-0.2, 0) is 61.0 Å². The fourth-order valence-electron chi connectivity index (χ4n) is 5.01. The number of aliphatic carboxylic acids is 2. The summed E-state index contributed by atoms with van der Waals surface area (Å²) in [6.07, 6.45) is -6.25. The molecule has 2 aromatic carbocycles. The van der Waals surface area contributed by atoms with Crippen LogP contribution < -0.4 is 21.4 Å². The van der Waals surface area contributed by atoms with Crippen LogP contribution in [0.2, 0.25) is 0 Å². The van der Waals surface area contributed by atoms with Crippen LogP contribution in [-0.4, -0.2) is 111 Å². The largest absolute Gasteiger partial charge is 0.481 e. The minimum atomic E-state index is -1.89. The number of aliphatic hydroxyl groups is 1. The monoisotopic (exact) mass is 771 g/mol. The van der Waals surface area contributed by atoms with Gasteiger partial charge in [-0.1, -0.05) is 80.9 Å². The normalized spacial score (nSPS) is 17.1. The molecule has 5 amide bonds. The van der Waals surface area contributed by atoms with Gasteiger partial charge < -0.3 is 45.5 Å². The molecule has 1 aliphatic heterocycles. The predicted octanol–water partition coefficient (Wildman–Crippen LogP) is -0.00210. The lowest BCUT2D eigenvalue weighted by molar-refractivity contribution is -0.152. The summed E-state index contributed by atoms with van der Waals surface area (Å²) in [5.41, 5.74) is 3.34. The van der Waals surface area contributed by atoms with Crippen molar-refractivity contribution in [2.45, 2.75) is 89.7 Å². The van der Waals surface area contributed by atoms with Crippen molar-refractivity contribution in [3.05, 3.63) is 71.8 Å².